The molecule has 0 aliphatic carbocycles. The average molecular weight is 346 g/mol. The van der Waals surface area contributed by atoms with Gasteiger partial charge in [0.25, 0.3) is 0 Å². The predicted molar refractivity (Wildman–Crippen MR) is 97.3 cm³/mol. The van der Waals surface area contributed by atoms with Gasteiger partial charge >= 0.3 is 6.09 Å². The summed E-state index contributed by atoms with van der Waals surface area (Å²) < 4.78 is 19.1. The van der Waals surface area contributed by atoms with Crippen molar-refractivity contribution < 1.29 is 13.9 Å². The van der Waals surface area contributed by atoms with E-state index < -0.39 is 5.60 Å². The molecule has 136 valence electrons. The first-order valence-corrected chi connectivity index (χ1v) is 9.06. The highest BCUT2D eigenvalue weighted by molar-refractivity contribution is 5.84. The average Bonchev–Trinajstić information content (AvgIpc) is 3.14. The number of carbonyl (C=O) groups excluding carboxylic acids is 1. The van der Waals surface area contributed by atoms with E-state index in [2.05, 4.69) is 11.9 Å². The Kier molecular flexibility index (Phi) is 4.76. The molecule has 25 heavy (non-hydrogen) atoms. The summed E-state index contributed by atoms with van der Waals surface area (Å²) in [5.74, 6) is -0.0422. The van der Waals surface area contributed by atoms with Crippen LogP contribution in [-0.4, -0.2) is 34.2 Å². The van der Waals surface area contributed by atoms with Crippen LogP contribution in [0.15, 0.2) is 24.4 Å². The Hall–Kier alpha value is -2.04. The monoisotopic (exact) mass is 346 g/mol. The Morgan fingerprint density at radius 3 is 2.88 bits per heavy atom. The van der Waals surface area contributed by atoms with Gasteiger partial charge in [0.05, 0.1) is 0 Å². The third kappa shape index (κ3) is 3.65. The molecule has 1 aromatic carbocycles. The molecule has 2 heterocycles. The Morgan fingerprint density at radius 1 is 1.44 bits per heavy atom. The van der Waals surface area contributed by atoms with E-state index in [1.54, 1.807) is 0 Å². The van der Waals surface area contributed by atoms with Crippen LogP contribution < -0.4 is 0 Å². The fourth-order valence-corrected chi connectivity index (χ4v) is 3.88. The topological polar surface area (TPSA) is 45.3 Å². The number of fused-ring (bicyclic) bond motifs is 1. The Balaban J connectivity index is 1.89. The first-order valence-electron chi connectivity index (χ1n) is 9.06. The molecule has 1 saturated heterocycles. The summed E-state index contributed by atoms with van der Waals surface area (Å²) >= 11 is 0. The van der Waals surface area contributed by atoms with Gasteiger partial charge in [-0.05, 0) is 63.8 Å². The zero-order valence-corrected chi connectivity index (χ0v) is 15.4. The first-order chi connectivity index (χ1) is 11.8. The van der Waals surface area contributed by atoms with E-state index in [-0.39, 0.29) is 23.9 Å². The van der Waals surface area contributed by atoms with Crippen LogP contribution in [0.3, 0.4) is 0 Å². The molecule has 2 atom stereocenters. The van der Waals surface area contributed by atoms with E-state index >= 15 is 0 Å². The number of halogens is 1. The van der Waals surface area contributed by atoms with Crippen molar-refractivity contribution in [1.29, 1.82) is 0 Å². The van der Waals surface area contributed by atoms with Crippen molar-refractivity contribution in [3.63, 3.8) is 0 Å². The standard InChI is InChI=1S/C20H27FN2O2/c1-5-14(16-12-22-17-11-13(21)8-9-15(16)17)18-7-6-10-23(18)19(24)25-20(2,3)4/h8-9,11-12,14,18,22H,5-7,10H2,1-4H3. The minimum Gasteiger partial charge on any atom is -0.444 e. The normalized spacial score (nSPS) is 19.4. The molecule has 1 N–H and O–H groups in total. The number of carbonyl (C=O) groups is 1. The van der Waals surface area contributed by atoms with Crippen LogP contribution in [0, 0.1) is 5.82 Å². The number of nitrogens with one attached hydrogen (secondary N) is 1. The SMILES string of the molecule is CCC(c1c[nH]c2cc(F)ccc12)C1CCCN1C(=O)OC(C)(C)C. The highest BCUT2D eigenvalue weighted by Gasteiger charge is 2.37. The van der Waals surface area contributed by atoms with Crippen LogP contribution in [0.4, 0.5) is 9.18 Å². The van der Waals surface area contributed by atoms with Gasteiger partial charge in [-0.1, -0.05) is 6.92 Å². The number of aromatic amines is 1. The van der Waals surface area contributed by atoms with Crippen molar-refractivity contribution in [2.75, 3.05) is 6.54 Å². The molecule has 0 radical (unpaired) electrons. The lowest BCUT2D eigenvalue weighted by Gasteiger charge is -2.33. The maximum absolute atomic E-state index is 13.5. The number of H-pyrrole nitrogens is 1. The Labute approximate surface area is 148 Å². The quantitative estimate of drug-likeness (QED) is 0.830. The Bertz CT molecular complexity index is 763. The number of rotatable bonds is 3. The second-order valence-corrected chi connectivity index (χ2v) is 7.83. The Morgan fingerprint density at radius 2 is 2.20 bits per heavy atom. The molecule has 0 spiro atoms. The molecule has 2 unspecified atom stereocenters. The van der Waals surface area contributed by atoms with Crippen molar-refractivity contribution >= 4 is 17.0 Å². The molecule has 1 aromatic heterocycles. The summed E-state index contributed by atoms with van der Waals surface area (Å²) in [6.45, 7) is 8.54. The molecule has 1 fully saturated rings. The van der Waals surface area contributed by atoms with Crippen molar-refractivity contribution in [2.45, 2.75) is 64.5 Å². The lowest BCUT2D eigenvalue weighted by atomic mass is 9.87. The van der Waals surface area contributed by atoms with Gasteiger partial charge in [-0.3, -0.25) is 0 Å². The van der Waals surface area contributed by atoms with Crippen LogP contribution in [-0.2, 0) is 4.74 Å². The summed E-state index contributed by atoms with van der Waals surface area (Å²) in [5.41, 5.74) is 1.46. The molecule has 1 aliphatic rings. The van der Waals surface area contributed by atoms with Gasteiger partial charge in [-0.2, -0.15) is 0 Å². The van der Waals surface area contributed by atoms with Gasteiger partial charge < -0.3 is 14.6 Å². The largest absolute Gasteiger partial charge is 0.444 e. The van der Waals surface area contributed by atoms with Gasteiger partial charge in [-0.25, -0.2) is 9.18 Å². The number of likely N-dealkylation sites (tertiary alicyclic amines) is 1. The fraction of sp³-hybridized carbons (Fsp3) is 0.550. The van der Waals surface area contributed by atoms with Crippen LogP contribution >= 0.6 is 0 Å². The smallest absolute Gasteiger partial charge is 0.410 e. The molecule has 0 bridgehead atoms. The first kappa shape index (κ1) is 17.8. The second kappa shape index (κ2) is 6.70. The van der Waals surface area contributed by atoms with Crippen molar-refractivity contribution in [2.24, 2.45) is 0 Å². The molecule has 1 aliphatic heterocycles. The molecule has 1 amide bonds. The van der Waals surface area contributed by atoms with Gasteiger partial charge in [-0.15, -0.1) is 0 Å². The van der Waals surface area contributed by atoms with Crippen LogP contribution in [0.25, 0.3) is 10.9 Å². The van der Waals surface area contributed by atoms with E-state index in [4.69, 9.17) is 4.74 Å². The fourth-order valence-electron chi connectivity index (χ4n) is 3.88. The van der Waals surface area contributed by atoms with Gasteiger partial charge in [0, 0.05) is 35.6 Å². The third-order valence-electron chi connectivity index (χ3n) is 4.91. The summed E-state index contributed by atoms with van der Waals surface area (Å²) in [4.78, 5) is 17.7. The van der Waals surface area contributed by atoms with Gasteiger partial charge in [0.2, 0.25) is 0 Å². The number of amides is 1. The lowest BCUT2D eigenvalue weighted by Crippen LogP contribution is -2.42. The maximum atomic E-state index is 13.5. The van der Waals surface area contributed by atoms with Gasteiger partial charge in [0.15, 0.2) is 0 Å². The molecular weight excluding hydrogens is 319 g/mol. The number of benzene rings is 1. The van der Waals surface area contributed by atoms with E-state index in [1.165, 1.54) is 12.1 Å². The molecule has 0 saturated carbocycles. The summed E-state index contributed by atoms with van der Waals surface area (Å²) in [6, 6.07) is 4.95. The van der Waals surface area contributed by atoms with Crippen molar-refractivity contribution in [3.05, 3.63) is 35.8 Å². The maximum Gasteiger partial charge on any atom is 0.410 e. The highest BCUT2D eigenvalue weighted by atomic mass is 19.1. The zero-order chi connectivity index (χ0) is 18.2. The molecular formula is C20H27FN2O2. The summed E-state index contributed by atoms with van der Waals surface area (Å²) in [7, 11) is 0. The minimum atomic E-state index is -0.496. The van der Waals surface area contributed by atoms with E-state index in [0.29, 0.717) is 0 Å². The number of hydrogen-bond donors (Lipinski definition) is 1. The lowest BCUT2D eigenvalue weighted by molar-refractivity contribution is 0.0204. The summed E-state index contributed by atoms with van der Waals surface area (Å²) in [6.07, 6.45) is 4.58. The van der Waals surface area contributed by atoms with Gasteiger partial charge in [0.1, 0.15) is 11.4 Å². The summed E-state index contributed by atoms with van der Waals surface area (Å²) in [5, 5.41) is 1.03. The molecule has 4 nitrogen and oxygen atoms in total. The third-order valence-corrected chi connectivity index (χ3v) is 4.91. The number of hydrogen-bond acceptors (Lipinski definition) is 2. The highest BCUT2D eigenvalue weighted by Crippen LogP contribution is 2.37. The van der Waals surface area contributed by atoms with Crippen molar-refractivity contribution in [3.8, 4) is 0 Å². The zero-order valence-electron chi connectivity index (χ0n) is 15.4. The number of ether oxygens (including phenoxy) is 1. The minimum absolute atomic E-state index is 0.115. The number of aromatic nitrogens is 1. The number of nitrogens with zero attached hydrogens (tertiary/aromatic N) is 1. The van der Waals surface area contributed by atoms with Crippen molar-refractivity contribution in [1.82, 2.24) is 9.88 Å². The van der Waals surface area contributed by atoms with E-state index in [0.717, 1.165) is 42.3 Å². The van der Waals surface area contributed by atoms with E-state index in [1.807, 2.05) is 37.9 Å². The van der Waals surface area contributed by atoms with Crippen LogP contribution in [0.2, 0.25) is 0 Å². The predicted octanol–water partition coefficient (Wildman–Crippen LogP) is 5.20. The van der Waals surface area contributed by atoms with E-state index in [9.17, 15) is 9.18 Å². The van der Waals surface area contributed by atoms with Crippen LogP contribution in [0.1, 0.15) is 58.4 Å². The molecule has 5 heteroatoms. The second-order valence-electron chi connectivity index (χ2n) is 7.83. The molecule has 3 rings (SSSR count). The van der Waals surface area contributed by atoms with Crippen LogP contribution in [0.5, 0.6) is 0 Å². The molecule has 2 aromatic rings.